The Bertz CT molecular complexity index is 1110. The Hall–Kier alpha value is -3.15. The normalized spacial score (nSPS) is 16.7. The molecule has 0 bridgehead atoms. The van der Waals surface area contributed by atoms with E-state index in [1.54, 1.807) is 18.3 Å². The summed E-state index contributed by atoms with van der Waals surface area (Å²) >= 11 is 0. The molecular formula is C25H23F3N2O. The summed E-state index contributed by atoms with van der Waals surface area (Å²) in [7, 11) is 0. The largest absolute Gasteiger partial charge is 0.392 e. The highest BCUT2D eigenvalue weighted by Crippen LogP contribution is 2.40. The highest BCUT2D eigenvalue weighted by molar-refractivity contribution is 6.01. The lowest BCUT2D eigenvalue weighted by Gasteiger charge is -2.24. The zero-order valence-electron chi connectivity index (χ0n) is 17.0. The van der Waals surface area contributed by atoms with Gasteiger partial charge in [0.05, 0.1) is 5.92 Å². The average molecular weight is 424 g/mol. The minimum atomic E-state index is -4.14. The van der Waals surface area contributed by atoms with Crippen molar-refractivity contribution < 1.29 is 18.0 Å². The van der Waals surface area contributed by atoms with E-state index >= 15 is 0 Å². The summed E-state index contributed by atoms with van der Waals surface area (Å²) in [4.78, 5) is 16.8. The predicted molar refractivity (Wildman–Crippen MR) is 116 cm³/mol. The Kier molecular flexibility index (Phi) is 6.07. The quantitative estimate of drug-likeness (QED) is 0.550. The van der Waals surface area contributed by atoms with Gasteiger partial charge >= 0.3 is 6.18 Å². The molecule has 0 radical (unpaired) electrons. The lowest BCUT2D eigenvalue weighted by molar-refractivity contribution is -0.175. The number of halogens is 3. The Morgan fingerprint density at radius 2 is 1.97 bits per heavy atom. The van der Waals surface area contributed by atoms with Crippen LogP contribution in [0.5, 0.6) is 0 Å². The average Bonchev–Trinajstić information content (AvgIpc) is 2.78. The molecular weight excluding hydrogens is 401 g/mol. The molecule has 2 aromatic carbocycles. The molecule has 0 saturated carbocycles. The molecule has 1 aliphatic carbocycles. The molecule has 0 spiro atoms. The van der Waals surface area contributed by atoms with Gasteiger partial charge in [-0.3, -0.25) is 9.78 Å². The number of alkyl halides is 3. The molecule has 1 aromatic heterocycles. The van der Waals surface area contributed by atoms with Crippen molar-refractivity contribution in [1.82, 2.24) is 10.3 Å². The second kappa shape index (κ2) is 8.92. The Morgan fingerprint density at radius 1 is 1.10 bits per heavy atom. The SMILES string of the molecule is O=C(NCCc1ccccn1)c1ccc2c(C3=CC[C@@H](C(F)(F)F)CC3)cccc2c1. The number of rotatable bonds is 5. The number of benzene rings is 2. The summed E-state index contributed by atoms with van der Waals surface area (Å²) in [5.74, 6) is -1.42. The number of hydrogen-bond acceptors (Lipinski definition) is 2. The van der Waals surface area contributed by atoms with Gasteiger partial charge in [0.25, 0.3) is 5.91 Å². The summed E-state index contributed by atoms with van der Waals surface area (Å²) in [6, 6.07) is 16.9. The molecule has 4 rings (SSSR count). The van der Waals surface area contributed by atoms with Crippen molar-refractivity contribution in [3.05, 3.63) is 83.7 Å². The monoisotopic (exact) mass is 424 g/mol. The first-order valence-corrected chi connectivity index (χ1v) is 10.4. The number of nitrogens with zero attached hydrogens (tertiary/aromatic N) is 1. The second-order valence-corrected chi connectivity index (χ2v) is 7.81. The lowest BCUT2D eigenvalue weighted by Crippen LogP contribution is -2.25. The molecule has 1 N–H and O–H groups in total. The van der Waals surface area contributed by atoms with Crippen molar-refractivity contribution in [1.29, 1.82) is 0 Å². The molecule has 0 unspecified atom stereocenters. The third kappa shape index (κ3) is 4.95. The minimum Gasteiger partial charge on any atom is -0.352 e. The summed E-state index contributed by atoms with van der Waals surface area (Å²) in [6.45, 7) is 0.487. The first-order chi connectivity index (χ1) is 14.9. The van der Waals surface area contributed by atoms with Gasteiger partial charge in [-0.2, -0.15) is 13.2 Å². The van der Waals surface area contributed by atoms with Crippen LogP contribution in [-0.2, 0) is 6.42 Å². The number of aromatic nitrogens is 1. The summed E-state index contributed by atoms with van der Waals surface area (Å²) in [6.07, 6.45) is 0.488. The van der Waals surface area contributed by atoms with Crippen LogP contribution in [0.3, 0.4) is 0 Å². The van der Waals surface area contributed by atoms with Crippen LogP contribution >= 0.6 is 0 Å². The fourth-order valence-corrected chi connectivity index (χ4v) is 4.03. The van der Waals surface area contributed by atoms with E-state index in [0.29, 0.717) is 24.9 Å². The van der Waals surface area contributed by atoms with E-state index in [1.165, 1.54) is 0 Å². The van der Waals surface area contributed by atoms with Crippen LogP contribution in [-0.4, -0.2) is 23.6 Å². The van der Waals surface area contributed by atoms with Gasteiger partial charge in [-0.25, -0.2) is 0 Å². The van der Waals surface area contributed by atoms with Crippen molar-refractivity contribution in [2.75, 3.05) is 6.54 Å². The number of pyridine rings is 1. The number of allylic oxidation sites excluding steroid dienone is 2. The molecule has 0 aliphatic heterocycles. The molecule has 1 aliphatic rings. The highest BCUT2D eigenvalue weighted by atomic mass is 19.4. The van der Waals surface area contributed by atoms with Gasteiger partial charge in [0.15, 0.2) is 0 Å². The van der Waals surface area contributed by atoms with Crippen LogP contribution in [0.1, 0.15) is 40.9 Å². The number of amides is 1. The second-order valence-electron chi connectivity index (χ2n) is 7.81. The molecule has 1 heterocycles. The van der Waals surface area contributed by atoms with Gasteiger partial charge in [0.2, 0.25) is 0 Å². The zero-order chi connectivity index (χ0) is 21.8. The van der Waals surface area contributed by atoms with Crippen LogP contribution in [0.25, 0.3) is 16.3 Å². The molecule has 31 heavy (non-hydrogen) atoms. The first-order valence-electron chi connectivity index (χ1n) is 10.4. The van der Waals surface area contributed by atoms with Crippen molar-refractivity contribution in [3.8, 4) is 0 Å². The van der Waals surface area contributed by atoms with Crippen LogP contribution in [0, 0.1) is 5.92 Å². The molecule has 0 fully saturated rings. The van der Waals surface area contributed by atoms with E-state index in [2.05, 4.69) is 10.3 Å². The number of hydrogen-bond donors (Lipinski definition) is 1. The molecule has 0 saturated heterocycles. The molecule has 1 amide bonds. The van der Waals surface area contributed by atoms with Gasteiger partial charge in [0.1, 0.15) is 0 Å². The third-order valence-corrected chi connectivity index (χ3v) is 5.76. The maximum Gasteiger partial charge on any atom is 0.392 e. The topological polar surface area (TPSA) is 42.0 Å². The van der Waals surface area contributed by atoms with Crippen molar-refractivity contribution >= 4 is 22.3 Å². The summed E-state index contributed by atoms with van der Waals surface area (Å²) in [5, 5.41) is 4.76. The van der Waals surface area contributed by atoms with Crippen molar-refractivity contribution in [2.45, 2.75) is 31.9 Å². The maximum atomic E-state index is 13.0. The summed E-state index contributed by atoms with van der Waals surface area (Å²) < 4.78 is 38.9. The van der Waals surface area contributed by atoms with Gasteiger partial charge in [-0.1, -0.05) is 36.4 Å². The Morgan fingerprint density at radius 3 is 2.68 bits per heavy atom. The molecule has 1 atom stereocenters. The van der Waals surface area contributed by atoms with Gasteiger partial charge in [0, 0.05) is 30.4 Å². The fraction of sp³-hybridized carbons (Fsp3) is 0.280. The van der Waals surface area contributed by atoms with Crippen LogP contribution in [0.15, 0.2) is 66.9 Å². The van der Waals surface area contributed by atoms with E-state index in [9.17, 15) is 18.0 Å². The van der Waals surface area contributed by atoms with Gasteiger partial charge in [-0.15, -0.1) is 0 Å². The predicted octanol–water partition coefficient (Wildman–Crippen LogP) is 5.95. The van der Waals surface area contributed by atoms with E-state index in [0.717, 1.165) is 27.6 Å². The van der Waals surface area contributed by atoms with Crippen LogP contribution < -0.4 is 5.32 Å². The number of carbonyl (C=O) groups excluding carboxylic acids is 1. The van der Waals surface area contributed by atoms with Crippen LogP contribution in [0.2, 0.25) is 0 Å². The summed E-state index contributed by atoms with van der Waals surface area (Å²) in [5.41, 5.74) is 3.36. The number of nitrogens with one attached hydrogen (secondary N) is 1. The van der Waals surface area contributed by atoms with Gasteiger partial charge < -0.3 is 5.32 Å². The van der Waals surface area contributed by atoms with E-state index in [-0.39, 0.29) is 18.7 Å². The lowest BCUT2D eigenvalue weighted by atomic mass is 9.84. The smallest absolute Gasteiger partial charge is 0.352 e. The molecule has 160 valence electrons. The standard InChI is InChI=1S/C25H23F3N2O/c26-25(27,28)20-10-7-17(8-11-20)22-6-3-4-18-16-19(9-12-23(18)22)24(31)30-15-13-21-5-1-2-14-29-21/h1-7,9,12,14,16,20H,8,10-11,13,15H2,(H,30,31)/t20-/m1/s1. The molecule has 6 heteroatoms. The molecule has 3 nitrogen and oxygen atoms in total. The number of fused-ring (bicyclic) bond motifs is 1. The van der Waals surface area contributed by atoms with E-state index in [4.69, 9.17) is 0 Å². The number of carbonyl (C=O) groups is 1. The highest BCUT2D eigenvalue weighted by Gasteiger charge is 2.39. The van der Waals surface area contributed by atoms with E-state index in [1.807, 2.05) is 48.5 Å². The molecule has 3 aromatic rings. The minimum absolute atomic E-state index is 0.0198. The zero-order valence-corrected chi connectivity index (χ0v) is 17.0. The first kappa shape index (κ1) is 21.1. The Balaban J connectivity index is 1.48. The van der Waals surface area contributed by atoms with Crippen molar-refractivity contribution in [3.63, 3.8) is 0 Å². The van der Waals surface area contributed by atoms with Crippen LogP contribution in [0.4, 0.5) is 13.2 Å². The van der Waals surface area contributed by atoms with Gasteiger partial charge in [-0.05, 0) is 65.4 Å². The van der Waals surface area contributed by atoms with E-state index < -0.39 is 12.1 Å². The third-order valence-electron chi connectivity index (χ3n) is 5.76. The van der Waals surface area contributed by atoms with Crippen molar-refractivity contribution in [2.24, 2.45) is 5.92 Å². The Labute approximate surface area is 179 Å². The maximum absolute atomic E-state index is 13.0. The fourth-order valence-electron chi connectivity index (χ4n) is 4.03.